The Morgan fingerprint density at radius 1 is 1.35 bits per heavy atom. The number of nitrogens with zero attached hydrogens (tertiary/aromatic N) is 3. The Labute approximate surface area is 148 Å². The van der Waals surface area contributed by atoms with Crippen LogP contribution in [0, 0.1) is 25.2 Å². The molecule has 0 spiro atoms. The molecule has 1 N–H and O–H groups in total. The minimum absolute atomic E-state index is 0.0907. The predicted molar refractivity (Wildman–Crippen MR) is 92.0 cm³/mol. The van der Waals surface area contributed by atoms with Crippen LogP contribution in [0.1, 0.15) is 17.1 Å². The van der Waals surface area contributed by atoms with Crippen LogP contribution < -0.4 is 5.32 Å². The number of nitriles is 1. The maximum Gasteiger partial charge on any atom is 0.234 e. The first-order valence-corrected chi connectivity index (χ1v) is 8.28. The molecule has 1 amide bonds. The first-order chi connectivity index (χ1) is 10.9. The third kappa shape index (κ3) is 4.58. The van der Waals surface area contributed by atoms with E-state index in [1.807, 2.05) is 0 Å². The van der Waals surface area contributed by atoms with Gasteiger partial charge >= 0.3 is 0 Å². The standard InChI is InChI=1S/C15H12Cl2N4OS/c1-8-11(6-18)15(20-9(2)19-8)23-7-14(22)21-13-5-10(16)3-4-12(13)17/h3-5H,7H2,1-2H3,(H,21,22). The van der Waals surface area contributed by atoms with Crippen molar-refractivity contribution in [3.63, 3.8) is 0 Å². The molecule has 0 aliphatic carbocycles. The summed E-state index contributed by atoms with van der Waals surface area (Å²) in [5.41, 5.74) is 1.43. The third-order valence-electron chi connectivity index (χ3n) is 2.82. The van der Waals surface area contributed by atoms with Crippen molar-refractivity contribution in [2.24, 2.45) is 0 Å². The Morgan fingerprint density at radius 2 is 2.09 bits per heavy atom. The van der Waals surface area contributed by atoms with Gasteiger partial charge < -0.3 is 5.32 Å². The molecule has 1 aromatic heterocycles. The Morgan fingerprint density at radius 3 is 2.78 bits per heavy atom. The highest BCUT2D eigenvalue weighted by molar-refractivity contribution is 8.00. The average molecular weight is 367 g/mol. The topological polar surface area (TPSA) is 78.7 Å². The molecule has 118 valence electrons. The molecule has 0 bridgehead atoms. The van der Waals surface area contributed by atoms with Crippen LogP contribution in [0.5, 0.6) is 0 Å². The van der Waals surface area contributed by atoms with E-state index >= 15 is 0 Å². The largest absolute Gasteiger partial charge is 0.324 e. The van der Waals surface area contributed by atoms with Gasteiger partial charge in [0.25, 0.3) is 0 Å². The fraction of sp³-hybridized carbons (Fsp3) is 0.200. The van der Waals surface area contributed by atoms with Crippen molar-refractivity contribution in [2.75, 3.05) is 11.1 Å². The number of halogens is 2. The van der Waals surface area contributed by atoms with Crippen molar-refractivity contribution in [3.05, 3.63) is 45.3 Å². The quantitative estimate of drug-likeness (QED) is 0.653. The van der Waals surface area contributed by atoms with E-state index in [9.17, 15) is 10.1 Å². The van der Waals surface area contributed by atoms with E-state index in [0.717, 1.165) is 0 Å². The number of aryl methyl sites for hydroxylation is 2. The monoisotopic (exact) mass is 366 g/mol. The lowest BCUT2D eigenvalue weighted by Crippen LogP contribution is -2.15. The molecule has 2 aromatic rings. The Bertz CT molecular complexity index is 805. The van der Waals surface area contributed by atoms with Gasteiger partial charge in [0.2, 0.25) is 5.91 Å². The summed E-state index contributed by atoms with van der Waals surface area (Å²) >= 11 is 13.1. The lowest BCUT2D eigenvalue weighted by atomic mass is 10.3. The number of aromatic nitrogens is 2. The van der Waals surface area contributed by atoms with Gasteiger partial charge in [-0.3, -0.25) is 4.79 Å². The second kappa shape index (κ2) is 7.64. The van der Waals surface area contributed by atoms with Crippen LogP contribution in [-0.2, 0) is 4.79 Å². The second-order valence-electron chi connectivity index (χ2n) is 4.61. The summed E-state index contributed by atoms with van der Waals surface area (Å²) in [5.74, 6) is 0.382. The van der Waals surface area contributed by atoms with Crippen LogP contribution in [-0.4, -0.2) is 21.6 Å². The number of carbonyl (C=O) groups is 1. The zero-order chi connectivity index (χ0) is 17.0. The summed E-state index contributed by atoms with van der Waals surface area (Å²) < 4.78 is 0. The average Bonchev–Trinajstić information content (AvgIpc) is 2.48. The van der Waals surface area contributed by atoms with Crippen molar-refractivity contribution in [1.82, 2.24) is 9.97 Å². The fourth-order valence-electron chi connectivity index (χ4n) is 1.83. The van der Waals surface area contributed by atoms with Gasteiger partial charge in [0.15, 0.2) is 0 Å². The molecule has 0 fully saturated rings. The first kappa shape index (κ1) is 17.5. The lowest BCUT2D eigenvalue weighted by molar-refractivity contribution is -0.113. The number of hydrogen-bond acceptors (Lipinski definition) is 5. The normalized spacial score (nSPS) is 10.2. The summed E-state index contributed by atoms with van der Waals surface area (Å²) in [7, 11) is 0. The van der Waals surface area contributed by atoms with Crippen LogP contribution in [0.3, 0.4) is 0 Å². The van der Waals surface area contributed by atoms with Gasteiger partial charge in [-0.05, 0) is 32.0 Å². The molecular weight excluding hydrogens is 355 g/mol. The van der Waals surface area contributed by atoms with Crippen molar-refractivity contribution >= 4 is 46.6 Å². The Hall–Kier alpha value is -1.81. The van der Waals surface area contributed by atoms with Gasteiger partial charge in [-0.2, -0.15) is 5.26 Å². The predicted octanol–water partition coefficient (Wildman–Crippen LogP) is 4.00. The maximum absolute atomic E-state index is 12.1. The molecule has 8 heteroatoms. The number of nitrogens with one attached hydrogen (secondary N) is 1. The van der Waals surface area contributed by atoms with E-state index in [1.54, 1.807) is 32.0 Å². The van der Waals surface area contributed by atoms with Gasteiger partial charge in [0.1, 0.15) is 22.5 Å². The van der Waals surface area contributed by atoms with Crippen LogP contribution >= 0.6 is 35.0 Å². The molecule has 1 heterocycles. The molecule has 23 heavy (non-hydrogen) atoms. The van der Waals surface area contributed by atoms with Crippen LogP contribution in [0.4, 0.5) is 5.69 Å². The van der Waals surface area contributed by atoms with Crippen molar-refractivity contribution < 1.29 is 4.79 Å². The number of anilines is 1. The van der Waals surface area contributed by atoms with Crippen LogP contribution in [0.15, 0.2) is 23.2 Å². The maximum atomic E-state index is 12.1. The van der Waals surface area contributed by atoms with E-state index in [-0.39, 0.29) is 11.7 Å². The molecule has 0 saturated heterocycles. The molecule has 0 aliphatic rings. The van der Waals surface area contributed by atoms with Gasteiger partial charge in [0, 0.05) is 5.02 Å². The summed E-state index contributed by atoms with van der Waals surface area (Å²) in [4.78, 5) is 20.4. The SMILES string of the molecule is Cc1nc(C)c(C#N)c(SCC(=O)Nc2cc(Cl)ccc2Cl)n1. The second-order valence-corrected chi connectivity index (χ2v) is 6.42. The lowest BCUT2D eigenvalue weighted by Gasteiger charge is -2.09. The number of rotatable bonds is 4. The third-order valence-corrected chi connectivity index (χ3v) is 4.36. The van der Waals surface area contributed by atoms with Crippen molar-refractivity contribution in [1.29, 1.82) is 5.26 Å². The highest BCUT2D eigenvalue weighted by Gasteiger charge is 2.13. The van der Waals surface area contributed by atoms with E-state index in [1.165, 1.54) is 11.8 Å². The number of hydrogen-bond donors (Lipinski definition) is 1. The van der Waals surface area contributed by atoms with E-state index < -0.39 is 0 Å². The molecule has 0 saturated carbocycles. The van der Waals surface area contributed by atoms with Gasteiger partial charge in [-0.25, -0.2) is 9.97 Å². The molecule has 0 unspecified atom stereocenters. The van der Waals surface area contributed by atoms with Gasteiger partial charge in [0.05, 0.1) is 22.2 Å². The summed E-state index contributed by atoms with van der Waals surface area (Å²) in [5, 5.41) is 13.2. The molecule has 5 nitrogen and oxygen atoms in total. The summed E-state index contributed by atoms with van der Waals surface area (Å²) in [6.07, 6.45) is 0. The van der Waals surface area contributed by atoms with E-state index in [4.69, 9.17) is 23.2 Å². The first-order valence-electron chi connectivity index (χ1n) is 6.53. The molecule has 0 aliphatic heterocycles. The van der Waals surface area contributed by atoms with Crippen LogP contribution in [0.2, 0.25) is 10.0 Å². The zero-order valence-corrected chi connectivity index (χ0v) is 14.7. The molecule has 1 aromatic carbocycles. The molecule has 0 radical (unpaired) electrons. The number of amides is 1. The number of carbonyl (C=O) groups excluding carboxylic acids is 1. The van der Waals surface area contributed by atoms with Crippen LogP contribution in [0.25, 0.3) is 0 Å². The van der Waals surface area contributed by atoms with Crippen molar-refractivity contribution in [2.45, 2.75) is 18.9 Å². The van der Waals surface area contributed by atoms with E-state index in [2.05, 4.69) is 21.4 Å². The number of thioether (sulfide) groups is 1. The summed E-state index contributed by atoms with van der Waals surface area (Å²) in [6.45, 7) is 3.48. The highest BCUT2D eigenvalue weighted by atomic mass is 35.5. The molecule has 2 rings (SSSR count). The van der Waals surface area contributed by atoms with Gasteiger partial charge in [-0.15, -0.1) is 0 Å². The zero-order valence-electron chi connectivity index (χ0n) is 12.4. The smallest absolute Gasteiger partial charge is 0.234 e. The minimum atomic E-state index is -0.267. The fourth-order valence-corrected chi connectivity index (χ4v) is 3.04. The van der Waals surface area contributed by atoms with Gasteiger partial charge in [-0.1, -0.05) is 35.0 Å². The Kier molecular flexibility index (Phi) is 5.83. The molecule has 0 atom stereocenters. The minimum Gasteiger partial charge on any atom is -0.324 e. The highest BCUT2D eigenvalue weighted by Crippen LogP contribution is 2.26. The molecular formula is C15H12Cl2N4OS. The summed E-state index contributed by atoms with van der Waals surface area (Å²) in [6, 6.07) is 6.89. The Balaban J connectivity index is 2.08. The number of benzene rings is 1. The van der Waals surface area contributed by atoms with E-state index in [0.29, 0.717) is 37.8 Å². The van der Waals surface area contributed by atoms with Crippen molar-refractivity contribution in [3.8, 4) is 6.07 Å².